The number of anilines is 4. The van der Waals surface area contributed by atoms with Crippen LogP contribution in [0, 0.1) is 0 Å². The molecule has 4 heterocycles. The average molecular weight is 467 g/mol. The van der Waals surface area contributed by atoms with Gasteiger partial charge in [-0.05, 0) is 43.2 Å². The number of nitrogens with zero attached hydrogens (tertiary/aromatic N) is 4. The Morgan fingerprint density at radius 2 is 1.76 bits per heavy atom. The summed E-state index contributed by atoms with van der Waals surface area (Å²) in [6.07, 6.45) is 3.86. The van der Waals surface area contributed by atoms with E-state index in [0.29, 0.717) is 29.5 Å². The van der Waals surface area contributed by atoms with Gasteiger partial charge in [0.05, 0.1) is 18.2 Å². The molecule has 6 rings (SSSR count). The van der Waals surface area contributed by atoms with Crippen LogP contribution in [0.1, 0.15) is 12.8 Å². The first-order valence-electron chi connectivity index (χ1n) is 10.8. The molecular weight excluding hydrogens is 440 g/mol. The Morgan fingerprint density at radius 3 is 2.42 bits per heavy atom. The van der Waals surface area contributed by atoms with Gasteiger partial charge in [0.15, 0.2) is 11.6 Å². The highest BCUT2D eigenvalue weighted by Crippen LogP contribution is 2.38. The summed E-state index contributed by atoms with van der Waals surface area (Å²) < 4.78 is 28.9. The second kappa shape index (κ2) is 8.53. The van der Waals surface area contributed by atoms with Crippen molar-refractivity contribution in [2.75, 3.05) is 35.3 Å². The molecule has 33 heavy (non-hydrogen) atoms. The lowest BCUT2D eigenvalue weighted by molar-refractivity contribution is 0.326. The summed E-state index contributed by atoms with van der Waals surface area (Å²) in [6.45, 7) is 1.76. The number of nitrogens with two attached hydrogens (primary N) is 1. The molecule has 3 aliphatic rings. The van der Waals surface area contributed by atoms with Gasteiger partial charge in [-0.25, -0.2) is 18.5 Å². The molecule has 0 saturated carbocycles. The number of nitrogens with one attached hydrogen (secondary N) is 1. The molecule has 0 amide bonds. The van der Waals surface area contributed by atoms with E-state index in [1.54, 1.807) is 25.4 Å². The van der Waals surface area contributed by atoms with E-state index in [-0.39, 0.29) is 4.90 Å². The number of ether oxygens (including phenoxy) is 1. The average Bonchev–Trinajstić information content (AvgIpc) is 2.84. The van der Waals surface area contributed by atoms with Crippen molar-refractivity contribution in [2.24, 2.45) is 5.14 Å². The number of hydrogen-bond donors (Lipinski definition) is 2. The maximum atomic E-state index is 11.7. The maximum Gasteiger partial charge on any atom is 0.238 e. The van der Waals surface area contributed by atoms with Crippen molar-refractivity contribution < 1.29 is 13.2 Å². The largest absolute Gasteiger partial charge is 0.491 e. The number of methoxy groups -OCH3 is 1. The van der Waals surface area contributed by atoms with Gasteiger partial charge in [-0.2, -0.15) is 4.98 Å². The van der Waals surface area contributed by atoms with Gasteiger partial charge in [0, 0.05) is 36.5 Å². The molecule has 0 aliphatic carbocycles. The van der Waals surface area contributed by atoms with Crippen LogP contribution in [-0.4, -0.2) is 50.7 Å². The Balaban J connectivity index is 1.41. The Bertz CT molecular complexity index is 1250. The Hall–Kier alpha value is -3.37. The van der Waals surface area contributed by atoms with Gasteiger partial charge in [0.25, 0.3) is 0 Å². The number of sulfonamides is 1. The normalized spacial score (nSPS) is 20.1. The number of fused-ring (bicyclic) bond motifs is 3. The summed E-state index contributed by atoms with van der Waals surface area (Å²) in [5.74, 6) is 1.70. The SMILES string of the molecule is COc1cnc(Nc2cccc(S(N)(=O)=O)c2)nc1N1C[C@H]2CC[C@@H]1CN2c1ccccc1. The fourth-order valence-electron chi connectivity index (χ4n) is 4.68. The molecule has 0 unspecified atom stereocenters. The van der Waals surface area contributed by atoms with Crippen molar-refractivity contribution in [3.05, 3.63) is 60.8 Å². The third kappa shape index (κ3) is 4.31. The van der Waals surface area contributed by atoms with E-state index in [0.717, 1.165) is 31.7 Å². The second-order valence-corrected chi connectivity index (χ2v) is 9.87. The molecular formula is C23H26N6O3S. The number of piperazine rings is 1. The van der Waals surface area contributed by atoms with E-state index in [1.165, 1.54) is 17.8 Å². The van der Waals surface area contributed by atoms with Crippen LogP contribution < -0.4 is 25.0 Å². The third-order valence-corrected chi connectivity index (χ3v) is 7.18. The fourth-order valence-corrected chi connectivity index (χ4v) is 5.23. The molecule has 0 radical (unpaired) electrons. The number of primary sulfonamides is 1. The van der Waals surface area contributed by atoms with E-state index < -0.39 is 10.0 Å². The number of aromatic nitrogens is 2. The van der Waals surface area contributed by atoms with Gasteiger partial charge in [-0.3, -0.25) is 0 Å². The van der Waals surface area contributed by atoms with Crippen LogP contribution in [-0.2, 0) is 10.0 Å². The van der Waals surface area contributed by atoms with Gasteiger partial charge in [-0.15, -0.1) is 0 Å². The highest BCUT2D eigenvalue weighted by Gasteiger charge is 2.40. The first-order chi connectivity index (χ1) is 15.9. The molecule has 3 fully saturated rings. The zero-order valence-electron chi connectivity index (χ0n) is 18.3. The molecule has 9 nitrogen and oxygen atoms in total. The Labute approximate surface area is 193 Å². The quantitative estimate of drug-likeness (QED) is 0.570. The van der Waals surface area contributed by atoms with Crippen molar-refractivity contribution in [1.82, 2.24) is 9.97 Å². The minimum absolute atomic E-state index is 0.0237. The van der Waals surface area contributed by atoms with Crippen molar-refractivity contribution in [3.63, 3.8) is 0 Å². The summed E-state index contributed by atoms with van der Waals surface area (Å²) >= 11 is 0. The van der Waals surface area contributed by atoms with Crippen LogP contribution in [0.3, 0.4) is 0 Å². The first-order valence-corrected chi connectivity index (χ1v) is 12.4. The van der Waals surface area contributed by atoms with Crippen molar-refractivity contribution in [2.45, 2.75) is 29.8 Å². The van der Waals surface area contributed by atoms with Gasteiger partial charge in [0.2, 0.25) is 16.0 Å². The zero-order valence-corrected chi connectivity index (χ0v) is 19.1. The molecule has 0 spiro atoms. The maximum absolute atomic E-state index is 11.7. The minimum atomic E-state index is -3.80. The number of piperidine rings is 2. The molecule has 2 aromatic carbocycles. The summed E-state index contributed by atoms with van der Waals surface area (Å²) in [7, 11) is -2.19. The van der Waals surface area contributed by atoms with Crippen LogP contribution >= 0.6 is 0 Å². The smallest absolute Gasteiger partial charge is 0.238 e. The summed E-state index contributed by atoms with van der Waals surface area (Å²) in [5.41, 5.74) is 1.78. The molecule has 3 saturated heterocycles. The molecule has 3 N–H and O–H groups in total. The topological polar surface area (TPSA) is 114 Å². The van der Waals surface area contributed by atoms with Gasteiger partial charge >= 0.3 is 0 Å². The van der Waals surface area contributed by atoms with Crippen LogP contribution in [0.4, 0.5) is 23.1 Å². The van der Waals surface area contributed by atoms with E-state index in [9.17, 15) is 8.42 Å². The molecule has 3 aromatic rings. The van der Waals surface area contributed by atoms with Crippen molar-refractivity contribution in [1.29, 1.82) is 0 Å². The Kier molecular flexibility index (Phi) is 5.55. The molecule has 3 aliphatic heterocycles. The van der Waals surface area contributed by atoms with Crippen LogP contribution in [0.5, 0.6) is 5.75 Å². The van der Waals surface area contributed by atoms with Gasteiger partial charge < -0.3 is 19.9 Å². The molecule has 2 atom stereocenters. The van der Waals surface area contributed by atoms with Crippen molar-refractivity contribution >= 4 is 33.2 Å². The number of rotatable bonds is 6. The van der Waals surface area contributed by atoms with Gasteiger partial charge in [-0.1, -0.05) is 24.3 Å². The van der Waals surface area contributed by atoms with Crippen LogP contribution in [0.15, 0.2) is 65.7 Å². The van der Waals surface area contributed by atoms with Gasteiger partial charge in [0.1, 0.15) is 0 Å². The van der Waals surface area contributed by atoms with E-state index in [4.69, 9.17) is 14.9 Å². The monoisotopic (exact) mass is 466 g/mol. The van der Waals surface area contributed by atoms with E-state index >= 15 is 0 Å². The van der Waals surface area contributed by atoms with Crippen LogP contribution in [0.2, 0.25) is 0 Å². The first kappa shape index (κ1) is 21.5. The summed E-state index contributed by atoms with van der Waals surface area (Å²) in [5, 5.41) is 8.34. The Morgan fingerprint density at radius 1 is 1.03 bits per heavy atom. The van der Waals surface area contributed by atoms with E-state index in [2.05, 4.69) is 44.4 Å². The molecule has 2 bridgehead atoms. The summed E-state index contributed by atoms with van der Waals surface area (Å²) in [4.78, 5) is 13.9. The highest BCUT2D eigenvalue weighted by molar-refractivity contribution is 7.89. The molecule has 1 aromatic heterocycles. The lowest BCUT2D eigenvalue weighted by atomic mass is 9.90. The van der Waals surface area contributed by atoms with Crippen LogP contribution in [0.25, 0.3) is 0 Å². The number of para-hydroxylation sites is 1. The molecule has 10 heteroatoms. The third-order valence-electron chi connectivity index (χ3n) is 6.26. The van der Waals surface area contributed by atoms with E-state index in [1.807, 2.05) is 6.07 Å². The number of hydrogen-bond acceptors (Lipinski definition) is 8. The predicted octanol–water partition coefficient (Wildman–Crippen LogP) is 2.73. The fraction of sp³-hybridized carbons (Fsp3) is 0.304. The second-order valence-electron chi connectivity index (χ2n) is 8.31. The predicted molar refractivity (Wildman–Crippen MR) is 128 cm³/mol. The lowest BCUT2D eigenvalue weighted by Gasteiger charge is -2.53. The van der Waals surface area contributed by atoms with Crippen molar-refractivity contribution in [3.8, 4) is 5.75 Å². The molecule has 172 valence electrons. The number of benzene rings is 2. The summed E-state index contributed by atoms with van der Waals surface area (Å²) in [6, 6.07) is 17.5. The standard InChI is InChI=1S/C23H26N6O3S/c1-32-21-13-25-23(26-16-6-5-9-20(12-16)33(24,30)31)27-22(21)29-15-18-10-11-19(29)14-28(18)17-7-3-2-4-8-17/h2-9,12-13,18-19H,10-11,14-15H2,1H3,(H2,24,30,31)(H,25,26,27)/t18-,19-/m1/s1. The lowest BCUT2D eigenvalue weighted by Crippen LogP contribution is -2.63. The zero-order chi connectivity index (χ0) is 23.0. The highest BCUT2D eigenvalue weighted by atomic mass is 32.2. The minimum Gasteiger partial charge on any atom is -0.491 e.